The topological polar surface area (TPSA) is 79.4 Å². The fourth-order valence-corrected chi connectivity index (χ4v) is 6.03. The summed E-state index contributed by atoms with van der Waals surface area (Å²) in [6.45, 7) is 5.09. The molecule has 6 nitrogen and oxygen atoms in total. The van der Waals surface area contributed by atoms with Gasteiger partial charge in [0.15, 0.2) is 9.84 Å². The third-order valence-corrected chi connectivity index (χ3v) is 7.10. The summed E-state index contributed by atoms with van der Waals surface area (Å²) < 4.78 is 24.1. The monoisotopic (exact) mass is 373 g/mol. The van der Waals surface area contributed by atoms with E-state index in [1.807, 2.05) is 31.2 Å². The van der Waals surface area contributed by atoms with Gasteiger partial charge in [0, 0.05) is 30.2 Å². The first kappa shape index (κ1) is 17.4. The molecule has 0 saturated carbocycles. The van der Waals surface area contributed by atoms with Gasteiger partial charge in [-0.2, -0.15) is 0 Å². The lowest BCUT2D eigenvalue weighted by molar-refractivity contribution is 0.0623. The molecule has 0 spiro atoms. The van der Waals surface area contributed by atoms with Crippen molar-refractivity contribution < 1.29 is 13.2 Å². The van der Waals surface area contributed by atoms with Gasteiger partial charge in [0.05, 0.1) is 28.6 Å². The molecule has 0 bridgehead atoms. The molecule has 1 amide bonds. The summed E-state index contributed by atoms with van der Waals surface area (Å²) in [5, 5.41) is 4.10. The molecular weight excluding hydrogens is 350 g/mol. The first-order valence-electron chi connectivity index (χ1n) is 9.03. The SMILES string of the molecule is CCc1ccc2nc(C)cc(C(=O)N3CCN[C@@H]4CS(=O)(=O)C[C@@H]43)c2c1. The minimum absolute atomic E-state index is 0.0403. The van der Waals surface area contributed by atoms with E-state index in [-0.39, 0.29) is 29.5 Å². The number of rotatable bonds is 2. The lowest BCUT2D eigenvalue weighted by atomic mass is 10.0. The number of aromatic nitrogens is 1. The van der Waals surface area contributed by atoms with Gasteiger partial charge in [-0.25, -0.2) is 8.42 Å². The highest BCUT2D eigenvalue weighted by molar-refractivity contribution is 7.91. The lowest BCUT2D eigenvalue weighted by Crippen LogP contribution is -2.59. The summed E-state index contributed by atoms with van der Waals surface area (Å²) in [6, 6.07) is 7.38. The van der Waals surface area contributed by atoms with Crippen molar-refractivity contribution in [1.29, 1.82) is 0 Å². The number of nitrogens with one attached hydrogen (secondary N) is 1. The maximum Gasteiger partial charge on any atom is 0.254 e. The fourth-order valence-electron chi connectivity index (χ4n) is 4.08. The van der Waals surface area contributed by atoms with Crippen LogP contribution in [-0.4, -0.2) is 60.9 Å². The maximum atomic E-state index is 13.4. The quantitative estimate of drug-likeness (QED) is 0.859. The van der Waals surface area contributed by atoms with Crippen molar-refractivity contribution in [2.45, 2.75) is 32.4 Å². The minimum Gasteiger partial charge on any atom is -0.332 e. The number of hydrogen-bond donors (Lipinski definition) is 1. The number of pyridine rings is 1. The van der Waals surface area contributed by atoms with Crippen molar-refractivity contribution in [3.05, 3.63) is 41.1 Å². The van der Waals surface area contributed by atoms with Crippen molar-refractivity contribution in [3.63, 3.8) is 0 Å². The Balaban J connectivity index is 1.78. The molecule has 3 heterocycles. The van der Waals surface area contributed by atoms with E-state index >= 15 is 0 Å². The molecule has 1 N–H and O–H groups in total. The molecule has 2 fully saturated rings. The summed E-state index contributed by atoms with van der Waals surface area (Å²) in [6.07, 6.45) is 0.883. The number of carbonyl (C=O) groups is 1. The molecule has 0 aliphatic carbocycles. The number of carbonyl (C=O) groups excluding carboxylic acids is 1. The van der Waals surface area contributed by atoms with Crippen molar-refractivity contribution in [2.24, 2.45) is 0 Å². The Morgan fingerprint density at radius 3 is 2.88 bits per heavy atom. The molecule has 138 valence electrons. The lowest BCUT2D eigenvalue weighted by Gasteiger charge is -2.37. The molecular formula is C19H23N3O3S. The van der Waals surface area contributed by atoms with E-state index in [1.54, 1.807) is 4.90 Å². The molecule has 1 aromatic carbocycles. The molecule has 2 saturated heterocycles. The Bertz CT molecular complexity index is 987. The van der Waals surface area contributed by atoms with Crippen LogP contribution in [0, 0.1) is 6.92 Å². The normalized spacial score (nSPS) is 24.6. The largest absolute Gasteiger partial charge is 0.332 e. The molecule has 0 radical (unpaired) electrons. The van der Waals surface area contributed by atoms with E-state index in [1.165, 1.54) is 0 Å². The first-order valence-corrected chi connectivity index (χ1v) is 10.8. The minimum atomic E-state index is -3.11. The van der Waals surface area contributed by atoms with E-state index in [9.17, 15) is 13.2 Å². The molecule has 2 aromatic rings. The number of aryl methyl sites for hydroxylation is 2. The van der Waals surface area contributed by atoms with Gasteiger partial charge in [0.2, 0.25) is 0 Å². The second-order valence-electron chi connectivity index (χ2n) is 7.22. The van der Waals surface area contributed by atoms with Crippen molar-refractivity contribution in [2.75, 3.05) is 24.6 Å². The zero-order valence-electron chi connectivity index (χ0n) is 15.0. The number of fused-ring (bicyclic) bond motifs is 2. The van der Waals surface area contributed by atoms with Crippen LogP contribution >= 0.6 is 0 Å². The molecule has 7 heteroatoms. The molecule has 1 aromatic heterocycles. The number of benzene rings is 1. The Morgan fingerprint density at radius 1 is 1.31 bits per heavy atom. The van der Waals surface area contributed by atoms with Crippen LogP contribution in [0.25, 0.3) is 10.9 Å². The number of nitrogens with zero attached hydrogens (tertiary/aromatic N) is 2. The Hall–Kier alpha value is -1.99. The van der Waals surface area contributed by atoms with Crippen molar-refractivity contribution in [1.82, 2.24) is 15.2 Å². The van der Waals surface area contributed by atoms with Crippen LogP contribution < -0.4 is 5.32 Å². The highest BCUT2D eigenvalue weighted by atomic mass is 32.2. The van der Waals surface area contributed by atoms with Gasteiger partial charge < -0.3 is 10.2 Å². The molecule has 0 unspecified atom stereocenters. The van der Waals surface area contributed by atoms with E-state index in [0.717, 1.165) is 28.6 Å². The maximum absolute atomic E-state index is 13.4. The van der Waals surface area contributed by atoms with E-state index < -0.39 is 9.84 Å². The average molecular weight is 373 g/mol. The van der Waals surface area contributed by atoms with E-state index in [0.29, 0.717) is 18.7 Å². The van der Waals surface area contributed by atoms with Gasteiger partial charge in [-0.05, 0) is 37.1 Å². The van der Waals surface area contributed by atoms with Crippen molar-refractivity contribution >= 4 is 26.6 Å². The Kier molecular flexibility index (Phi) is 4.23. The summed E-state index contributed by atoms with van der Waals surface area (Å²) in [4.78, 5) is 19.7. The van der Waals surface area contributed by atoms with Gasteiger partial charge >= 0.3 is 0 Å². The van der Waals surface area contributed by atoms with Crippen LogP contribution in [0.2, 0.25) is 0 Å². The summed E-state index contributed by atoms with van der Waals surface area (Å²) in [5.74, 6) is 0.0539. The third-order valence-electron chi connectivity index (χ3n) is 5.38. The van der Waals surface area contributed by atoms with Crippen LogP contribution in [0.3, 0.4) is 0 Å². The van der Waals surface area contributed by atoms with Gasteiger partial charge in [-0.1, -0.05) is 13.0 Å². The van der Waals surface area contributed by atoms with E-state index in [2.05, 4.69) is 17.2 Å². The van der Waals surface area contributed by atoms with Crippen LogP contribution in [0.15, 0.2) is 24.3 Å². The molecule has 2 aliphatic rings. The van der Waals surface area contributed by atoms with Crippen LogP contribution in [0.4, 0.5) is 0 Å². The van der Waals surface area contributed by atoms with Gasteiger partial charge in [0.1, 0.15) is 0 Å². The second-order valence-corrected chi connectivity index (χ2v) is 9.37. The summed E-state index contributed by atoms with van der Waals surface area (Å²) >= 11 is 0. The molecule has 2 atom stereocenters. The number of piperazine rings is 1. The second kappa shape index (κ2) is 6.32. The van der Waals surface area contributed by atoms with Gasteiger partial charge in [-0.3, -0.25) is 9.78 Å². The average Bonchev–Trinajstić information content (AvgIpc) is 2.93. The summed E-state index contributed by atoms with van der Waals surface area (Å²) in [5.41, 5.74) is 3.36. The van der Waals surface area contributed by atoms with Crippen LogP contribution in [0.5, 0.6) is 0 Å². The smallest absolute Gasteiger partial charge is 0.254 e. The number of hydrogen-bond acceptors (Lipinski definition) is 5. The Morgan fingerprint density at radius 2 is 2.12 bits per heavy atom. The highest BCUT2D eigenvalue weighted by Crippen LogP contribution is 2.27. The molecule has 2 aliphatic heterocycles. The fraction of sp³-hybridized carbons (Fsp3) is 0.474. The molecule has 4 rings (SSSR count). The van der Waals surface area contributed by atoms with Crippen LogP contribution in [-0.2, 0) is 16.3 Å². The standard InChI is InChI=1S/C19H23N3O3S/c1-3-13-4-5-16-14(9-13)15(8-12(2)21-16)19(23)22-7-6-20-17-10-26(24,25)11-18(17)22/h4-5,8-9,17-18,20H,3,6-7,10-11H2,1-2H3/t17-,18+/m1/s1. The van der Waals surface area contributed by atoms with Gasteiger partial charge in [-0.15, -0.1) is 0 Å². The number of sulfone groups is 1. The predicted molar refractivity (Wildman–Crippen MR) is 101 cm³/mol. The molecule has 26 heavy (non-hydrogen) atoms. The van der Waals surface area contributed by atoms with Gasteiger partial charge in [0.25, 0.3) is 5.91 Å². The first-order chi connectivity index (χ1) is 12.4. The predicted octanol–water partition coefficient (Wildman–Crippen LogP) is 1.32. The van der Waals surface area contributed by atoms with E-state index in [4.69, 9.17) is 0 Å². The van der Waals surface area contributed by atoms with Crippen LogP contribution in [0.1, 0.15) is 28.5 Å². The number of amides is 1. The third kappa shape index (κ3) is 2.99. The Labute approximate surface area is 153 Å². The highest BCUT2D eigenvalue weighted by Gasteiger charge is 2.44. The summed E-state index contributed by atoms with van der Waals surface area (Å²) in [7, 11) is -3.11. The zero-order chi connectivity index (χ0) is 18.5. The van der Waals surface area contributed by atoms with Crippen molar-refractivity contribution in [3.8, 4) is 0 Å². The zero-order valence-corrected chi connectivity index (χ0v) is 15.8.